The van der Waals surface area contributed by atoms with Gasteiger partial charge in [-0.2, -0.15) is 0 Å². The van der Waals surface area contributed by atoms with Crippen molar-refractivity contribution in [2.24, 2.45) is 0 Å². The maximum Gasteiger partial charge on any atom is 0.317 e. The quantitative estimate of drug-likeness (QED) is 0.748. The fourth-order valence-electron chi connectivity index (χ4n) is 2.88. The van der Waals surface area contributed by atoms with Crippen molar-refractivity contribution in [1.29, 1.82) is 0 Å². The largest absolute Gasteiger partial charge is 0.480 e. The van der Waals surface area contributed by atoms with E-state index in [9.17, 15) is 13.2 Å². The van der Waals surface area contributed by atoms with Gasteiger partial charge < -0.3 is 5.11 Å². The maximum absolute atomic E-state index is 12.4. The van der Waals surface area contributed by atoms with E-state index in [1.807, 2.05) is 24.8 Å². The number of nitrogens with zero attached hydrogens (tertiary/aromatic N) is 1. The van der Waals surface area contributed by atoms with Gasteiger partial charge in [-0.05, 0) is 43.5 Å². The molecule has 6 nitrogen and oxygen atoms in total. The van der Waals surface area contributed by atoms with Crippen LogP contribution in [0.15, 0.2) is 29.2 Å². The first-order chi connectivity index (χ1) is 10.9. The monoisotopic (exact) mass is 340 g/mol. The lowest BCUT2D eigenvalue weighted by Gasteiger charge is -2.42. The molecular weight excluding hydrogens is 316 g/mol. The van der Waals surface area contributed by atoms with Gasteiger partial charge in [0.05, 0.1) is 11.4 Å². The van der Waals surface area contributed by atoms with Gasteiger partial charge in [-0.15, -0.1) is 0 Å². The van der Waals surface area contributed by atoms with Crippen molar-refractivity contribution in [2.45, 2.75) is 50.1 Å². The average Bonchev–Trinajstić information content (AvgIpc) is 2.48. The molecule has 0 bridgehead atoms. The molecule has 128 valence electrons. The molecule has 0 spiro atoms. The summed E-state index contributed by atoms with van der Waals surface area (Å²) in [6.07, 6.45) is 2.08. The summed E-state index contributed by atoms with van der Waals surface area (Å²) >= 11 is 0. The van der Waals surface area contributed by atoms with E-state index in [0.29, 0.717) is 19.4 Å². The molecule has 7 heteroatoms. The fraction of sp³-hybridized carbons (Fsp3) is 0.562. The van der Waals surface area contributed by atoms with E-state index in [1.54, 1.807) is 18.2 Å². The Morgan fingerprint density at radius 3 is 2.61 bits per heavy atom. The second-order valence-electron chi connectivity index (χ2n) is 5.90. The van der Waals surface area contributed by atoms with Crippen molar-refractivity contribution in [2.75, 3.05) is 13.1 Å². The Bertz CT molecular complexity index is 654. The normalized spacial score (nSPS) is 21.2. The molecule has 1 aromatic carbocycles. The van der Waals surface area contributed by atoms with Crippen LogP contribution in [0.5, 0.6) is 0 Å². The van der Waals surface area contributed by atoms with E-state index in [4.69, 9.17) is 5.11 Å². The smallest absolute Gasteiger partial charge is 0.317 e. The van der Waals surface area contributed by atoms with Crippen LogP contribution in [0.1, 0.15) is 32.3 Å². The lowest BCUT2D eigenvalue weighted by Crippen LogP contribution is -2.54. The number of nitrogens with one attached hydrogen (secondary N) is 1. The van der Waals surface area contributed by atoms with Gasteiger partial charge in [0.1, 0.15) is 0 Å². The first-order valence-electron chi connectivity index (χ1n) is 7.92. The van der Waals surface area contributed by atoms with Crippen molar-refractivity contribution in [3.63, 3.8) is 0 Å². The summed E-state index contributed by atoms with van der Waals surface area (Å²) in [7, 11) is -3.52. The molecule has 0 heterocycles. The molecule has 2 N–H and O–H groups in total. The van der Waals surface area contributed by atoms with E-state index in [2.05, 4.69) is 4.72 Å². The van der Waals surface area contributed by atoms with Crippen LogP contribution in [0.4, 0.5) is 0 Å². The van der Waals surface area contributed by atoms with Crippen molar-refractivity contribution in [1.82, 2.24) is 9.62 Å². The summed E-state index contributed by atoms with van der Waals surface area (Å²) in [5.74, 6) is -0.854. The third-order valence-corrected chi connectivity index (χ3v) is 5.83. The number of rotatable bonds is 8. The molecule has 1 aliphatic rings. The number of likely N-dealkylation sites (N-methyl/N-ethyl adjacent to an activating group) is 1. The highest BCUT2D eigenvalue weighted by molar-refractivity contribution is 7.89. The molecule has 0 aliphatic heterocycles. The van der Waals surface area contributed by atoms with Gasteiger partial charge in [-0.3, -0.25) is 9.69 Å². The number of carbonyl (C=O) groups is 1. The van der Waals surface area contributed by atoms with Crippen molar-refractivity contribution in [3.8, 4) is 0 Å². The number of benzene rings is 1. The minimum absolute atomic E-state index is 0.000812. The van der Waals surface area contributed by atoms with E-state index >= 15 is 0 Å². The number of sulfonamides is 1. The summed E-state index contributed by atoms with van der Waals surface area (Å²) in [6, 6.07) is 6.96. The Labute approximate surface area is 137 Å². The van der Waals surface area contributed by atoms with Gasteiger partial charge in [0.25, 0.3) is 0 Å². The van der Waals surface area contributed by atoms with E-state index < -0.39 is 16.0 Å². The minimum Gasteiger partial charge on any atom is -0.480 e. The molecule has 2 rings (SSSR count). The zero-order valence-corrected chi connectivity index (χ0v) is 14.3. The lowest BCUT2D eigenvalue weighted by molar-refractivity contribution is -0.139. The van der Waals surface area contributed by atoms with Crippen LogP contribution in [0.2, 0.25) is 0 Å². The van der Waals surface area contributed by atoms with Crippen molar-refractivity contribution < 1.29 is 18.3 Å². The first-order valence-corrected chi connectivity index (χ1v) is 9.41. The molecule has 23 heavy (non-hydrogen) atoms. The third-order valence-electron chi connectivity index (χ3n) is 4.31. The van der Waals surface area contributed by atoms with Crippen LogP contribution in [0, 0.1) is 0 Å². The predicted octanol–water partition coefficient (Wildman–Crippen LogP) is 1.46. The molecule has 0 saturated heterocycles. The summed E-state index contributed by atoms with van der Waals surface area (Å²) in [4.78, 5) is 13.0. The number of hydrogen-bond donors (Lipinski definition) is 2. The SMILES string of the molecule is CCc1cccc(S(=O)(=O)NC2CC(N(CC)CC(=O)O)C2)c1. The second-order valence-corrected chi connectivity index (χ2v) is 7.62. The molecule has 1 aromatic rings. The Morgan fingerprint density at radius 2 is 2.04 bits per heavy atom. The highest BCUT2D eigenvalue weighted by atomic mass is 32.2. The van der Waals surface area contributed by atoms with E-state index in [0.717, 1.165) is 12.0 Å². The summed E-state index contributed by atoms with van der Waals surface area (Å²) < 4.78 is 27.5. The van der Waals surface area contributed by atoms with Crippen molar-refractivity contribution in [3.05, 3.63) is 29.8 Å². The summed E-state index contributed by atoms with van der Waals surface area (Å²) in [6.45, 7) is 4.54. The molecule has 1 fully saturated rings. The van der Waals surface area contributed by atoms with Crippen LogP contribution in [-0.4, -0.2) is 49.6 Å². The van der Waals surface area contributed by atoms with Crippen LogP contribution in [0.3, 0.4) is 0 Å². The standard InChI is InChI=1S/C16H24N2O4S/c1-3-12-6-5-7-15(8-12)23(21,22)17-13-9-14(10-13)18(4-2)11-16(19)20/h5-8,13-14,17H,3-4,9-11H2,1-2H3,(H,19,20). The van der Waals surface area contributed by atoms with Gasteiger partial charge in [0, 0.05) is 12.1 Å². The average molecular weight is 340 g/mol. The Kier molecular flexibility index (Phi) is 5.78. The number of carboxylic acids is 1. The van der Waals surface area contributed by atoms with E-state index in [-0.39, 0.29) is 23.5 Å². The number of aliphatic carboxylic acids is 1. The van der Waals surface area contributed by atoms with Crippen LogP contribution in [0.25, 0.3) is 0 Å². The molecule has 1 aliphatic carbocycles. The Balaban J connectivity index is 1.94. The van der Waals surface area contributed by atoms with Crippen LogP contribution >= 0.6 is 0 Å². The van der Waals surface area contributed by atoms with Crippen LogP contribution < -0.4 is 4.72 Å². The maximum atomic E-state index is 12.4. The Morgan fingerprint density at radius 1 is 1.35 bits per heavy atom. The molecular formula is C16H24N2O4S. The molecule has 0 aromatic heterocycles. The fourth-order valence-corrected chi connectivity index (χ4v) is 4.21. The number of aryl methyl sites for hydroxylation is 1. The number of carboxylic acid groups (broad SMARTS) is 1. The zero-order chi connectivity index (χ0) is 17.0. The zero-order valence-electron chi connectivity index (χ0n) is 13.5. The highest BCUT2D eigenvalue weighted by Crippen LogP contribution is 2.27. The first kappa shape index (κ1) is 17.9. The van der Waals surface area contributed by atoms with Gasteiger partial charge in [0.15, 0.2) is 0 Å². The van der Waals surface area contributed by atoms with Gasteiger partial charge in [-0.1, -0.05) is 26.0 Å². The minimum atomic E-state index is -3.52. The van der Waals surface area contributed by atoms with E-state index in [1.165, 1.54) is 0 Å². The predicted molar refractivity (Wildman–Crippen MR) is 87.8 cm³/mol. The highest BCUT2D eigenvalue weighted by Gasteiger charge is 2.36. The number of hydrogen-bond acceptors (Lipinski definition) is 4. The lowest BCUT2D eigenvalue weighted by atomic mass is 9.86. The third kappa shape index (κ3) is 4.53. The van der Waals surface area contributed by atoms with Gasteiger partial charge in [-0.25, -0.2) is 13.1 Å². The molecule has 0 atom stereocenters. The topological polar surface area (TPSA) is 86.7 Å². The summed E-state index contributed by atoms with van der Waals surface area (Å²) in [5.41, 5.74) is 0.984. The molecule has 0 amide bonds. The van der Waals surface area contributed by atoms with Gasteiger partial charge >= 0.3 is 5.97 Å². The summed E-state index contributed by atoms with van der Waals surface area (Å²) in [5, 5.41) is 8.88. The second kappa shape index (κ2) is 7.42. The van der Waals surface area contributed by atoms with Crippen LogP contribution in [-0.2, 0) is 21.2 Å². The molecule has 0 radical (unpaired) electrons. The molecule has 1 saturated carbocycles. The Hall–Kier alpha value is -1.44. The van der Waals surface area contributed by atoms with Crippen molar-refractivity contribution >= 4 is 16.0 Å². The molecule has 0 unspecified atom stereocenters. The van der Waals surface area contributed by atoms with Gasteiger partial charge in [0.2, 0.25) is 10.0 Å².